The van der Waals surface area contributed by atoms with Gasteiger partial charge in [-0.15, -0.1) is 0 Å². The number of hydrogen-bond donors (Lipinski definition) is 3. The van der Waals surface area contributed by atoms with E-state index >= 15 is 0 Å². The van der Waals surface area contributed by atoms with Gasteiger partial charge in [-0.3, -0.25) is 13.8 Å². The molecule has 1 amide bonds. The van der Waals surface area contributed by atoms with Gasteiger partial charge >= 0.3 is 7.82 Å². The maximum absolute atomic E-state index is 12.7. The largest absolute Gasteiger partial charge is 0.472 e. The third-order valence-electron chi connectivity index (χ3n) is 9.29. The first-order valence-corrected chi connectivity index (χ1v) is 24.2. The van der Waals surface area contributed by atoms with Gasteiger partial charge < -0.3 is 19.8 Å². The van der Waals surface area contributed by atoms with Crippen molar-refractivity contribution in [2.45, 2.75) is 161 Å². The fourth-order valence-electron chi connectivity index (χ4n) is 5.68. The van der Waals surface area contributed by atoms with Gasteiger partial charge in [-0.1, -0.05) is 168 Å². The number of hydrogen-bond acceptors (Lipinski definition) is 5. The lowest BCUT2D eigenvalue weighted by Crippen LogP contribution is -2.46. The second kappa shape index (κ2) is 40.6. The summed E-state index contributed by atoms with van der Waals surface area (Å²) in [6, 6.07) is -0.774. The maximum Gasteiger partial charge on any atom is 0.472 e. The Morgan fingerprint density at radius 3 is 1.47 bits per heavy atom. The highest BCUT2D eigenvalue weighted by Gasteiger charge is 2.28. The molecule has 0 aliphatic carbocycles. The second-order valence-corrected chi connectivity index (χ2v) is 17.5. The van der Waals surface area contributed by atoms with E-state index in [1.165, 1.54) is 0 Å². The van der Waals surface area contributed by atoms with E-state index in [4.69, 9.17) is 9.05 Å². The van der Waals surface area contributed by atoms with Gasteiger partial charge in [0, 0.05) is 6.42 Å². The zero-order valence-corrected chi connectivity index (χ0v) is 38.8. The Bertz CT molecular complexity index is 1320. The number of likely N-dealkylation sites (N-methyl/N-ethyl adjacent to an activating group) is 1. The number of nitrogens with one attached hydrogen (secondary N) is 1. The standard InChI is InChI=1S/C50H85N2O6P/c1-6-8-10-12-13-14-15-16-17-18-19-20-21-22-23-24-25-26-27-28-29-30-31-32-33-34-35-36-37-38-39-40-42-44-50(54)51-48(49(53)43-41-11-9-7-2)47-58-59(55,56)57-46-45-52(3,4)5/h8,10,13-14,16-17,19-20,22-23,25-26,28-29,31-32,34-35,48-49,53H,6-7,9,11-12,15,18,21,24,27,30,33,36-47H2,1-5H3,(H-,51,54,55,56)/p+1/b10-8-,14-13-,17-16-,20-19-,23-22-,26-25-,29-28-,32-31-,35-34-. The molecule has 0 aliphatic heterocycles. The molecule has 0 aromatic rings. The number of carbonyl (C=O) groups excluding carboxylic acids is 1. The Kier molecular flexibility index (Phi) is 38.6. The molecule has 3 unspecified atom stereocenters. The number of phosphoric acid groups is 1. The van der Waals surface area contributed by atoms with Crippen LogP contribution in [0, 0.1) is 0 Å². The summed E-state index contributed by atoms with van der Waals surface area (Å²) in [6.45, 7) is 4.59. The minimum atomic E-state index is -4.31. The summed E-state index contributed by atoms with van der Waals surface area (Å²) in [5, 5.41) is 13.7. The highest BCUT2D eigenvalue weighted by molar-refractivity contribution is 7.47. The summed E-state index contributed by atoms with van der Waals surface area (Å²) < 4.78 is 23.3. The normalized spacial score (nSPS) is 15.3. The van der Waals surface area contributed by atoms with Gasteiger partial charge in [-0.25, -0.2) is 4.57 Å². The molecule has 0 aromatic carbocycles. The number of rotatable bonds is 39. The lowest BCUT2D eigenvalue weighted by molar-refractivity contribution is -0.870. The van der Waals surface area contributed by atoms with Gasteiger partial charge in [-0.05, 0) is 83.5 Å². The number of aliphatic hydroxyl groups excluding tert-OH is 1. The molecule has 0 rings (SSSR count). The van der Waals surface area contributed by atoms with Crippen LogP contribution in [0.15, 0.2) is 109 Å². The molecule has 0 saturated carbocycles. The molecular weight excluding hydrogens is 756 g/mol. The number of amides is 1. The minimum Gasteiger partial charge on any atom is -0.391 e. The van der Waals surface area contributed by atoms with Crippen molar-refractivity contribution >= 4 is 13.7 Å². The van der Waals surface area contributed by atoms with Crippen molar-refractivity contribution in [3.05, 3.63) is 109 Å². The molecule has 8 nitrogen and oxygen atoms in total. The first-order chi connectivity index (χ1) is 28.5. The van der Waals surface area contributed by atoms with Gasteiger partial charge in [0.05, 0.1) is 39.9 Å². The summed E-state index contributed by atoms with van der Waals surface area (Å²) in [5.74, 6) is -0.179. The zero-order valence-electron chi connectivity index (χ0n) is 37.9. The monoisotopic (exact) mass is 842 g/mol. The number of nitrogens with zero attached hydrogens (tertiary/aromatic N) is 1. The van der Waals surface area contributed by atoms with Gasteiger partial charge in [0.15, 0.2) is 0 Å². The van der Waals surface area contributed by atoms with Crippen LogP contribution in [0.5, 0.6) is 0 Å². The van der Waals surface area contributed by atoms with Crippen molar-refractivity contribution in [2.75, 3.05) is 40.9 Å². The molecule has 3 atom stereocenters. The molecule has 0 spiro atoms. The van der Waals surface area contributed by atoms with Crippen LogP contribution in [0.1, 0.15) is 149 Å². The fourth-order valence-corrected chi connectivity index (χ4v) is 6.42. The fraction of sp³-hybridized carbons (Fsp3) is 0.620. The van der Waals surface area contributed by atoms with E-state index in [0.29, 0.717) is 23.9 Å². The van der Waals surface area contributed by atoms with Crippen LogP contribution < -0.4 is 5.32 Å². The van der Waals surface area contributed by atoms with Crippen LogP contribution in [0.25, 0.3) is 0 Å². The van der Waals surface area contributed by atoms with E-state index < -0.39 is 20.0 Å². The molecule has 336 valence electrons. The summed E-state index contributed by atoms with van der Waals surface area (Å²) in [5.41, 5.74) is 0. The third kappa shape index (κ3) is 43.1. The average molecular weight is 842 g/mol. The Morgan fingerprint density at radius 1 is 0.593 bits per heavy atom. The number of quaternary nitrogens is 1. The topological polar surface area (TPSA) is 105 Å². The second-order valence-electron chi connectivity index (χ2n) is 16.0. The first kappa shape index (κ1) is 56.2. The maximum atomic E-state index is 12.7. The van der Waals surface area contributed by atoms with E-state index in [0.717, 1.165) is 122 Å². The number of allylic oxidation sites excluding steroid dienone is 18. The Morgan fingerprint density at radius 2 is 1.02 bits per heavy atom. The van der Waals surface area contributed by atoms with Crippen molar-refractivity contribution in [3.63, 3.8) is 0 Å². The van der Waals surface area contributed by atoms with Crippen LogP contribution in [-0.2, 0) is 18.4 Å². The van der Waals surface area contributed by atoms with E-state index in [9.17, 15) is 19.4 Å². The van der Waals surface area contributed by atoms with Gasteiger partial charge in [0.2, 0.25) is 5.91 Å². The van der Waals surface area contributed by atoms with Crippen LogP contribution in [0.2, 0.25) is 0 Å². The summed E-state index contributed by atoms with van der Waals surface area (Å²) >= 11 is 0. The lowest BCUT2D eigenvalue weighted by atomic mass is 10.0. The predicted molar refractivity (Wildman–Crippen MR) is 253 cm³/mol. The molecule has 9 heteroatoms. The molecule has 0 saturated heterocycles. The molecule has 0 heterocycles. The minimum absolute atomic E-state index is 0.0627. The van der Waals surface area contributed by atoms with E-state index in [-0.39, 0.29) is 19.1 Å². The number of carbonyl (C=O) groups is 1. The summed E-state index contributed by atoms with van der Waals surface area (Å²) in [7, 11) is 1.57. The van der Waals surface area contributed by atoms with E-state index in [2.05, 4.69) is 129 Å². The molecule has 3 N–H and O–H groups in total. The summed E-state index contributed by atoms with van der Waals surface area (Å²) in [6.07, 6.45) is 59.0. The first-order valence-electron chi connectivity index (χ1n) is 22.8. The lowest BCUT2D eigenvalue weighted by Gasteiger charge is -2.26. The molecule has 0 bridgehead atoms. The average Bonchev–Trinajstić information content (AvgIpc) is 3.19. The van der Waals surface area contributed by atoms with Gasteiger partial charge in [0.25, 0.3) is 0 Å². The number of phosphoric ester groups is 1. The van der Waals surface area contributed by atoms with Crippen LogP contribution >= 0.6 is 7.82 Å². The molecule has 0 aromatic heterocycles. The van der Waals surface area contributed by atoms with Crippen molar-refractivity contribution in [3.8, 4) is 0 Å². The highest BCUT2D eigenvalue weighted by atomic mass is 31.2. The van der Waals surface area contributed by atoms with Crippen molar-refractivity contribution in [1.29, 1.82) is 0 Å². The van der Waals surface area contributed by atoms with Crippen LogP contribution in [0.4, 0.5) is 0 Å². The number of aliphatic hydroxyl groups is 1. The molecule has 0 aliphatic rings. The quantitative estimate of drug-likeness (QED) is 0.0246. The Labute approximate surface area is 361 Å². The third-order valence-corrected chi connectivity index (χ3v) is 10.3. The number of unbranched alkanes of at least 4 members (excludes halogenated alkanes) is 8. The Balaban J connectivity index is 4.05. The molecule has 59 heavy (non-hydrogen) atoms. The van der Waals surface area contributed by atoms with Crippen molar-refractivity contribution in [1.82, 2.24) is 5.32 Å². The van der Waals surface area contributed by atoms with Crippen molar-refractivity contribution < 1.29 is 32.9 Å². The van der Waals surface area contributed by atoms with Gasteiger partial charge in [-0.2, -0.15) is 0 Å². The molecule has 0 fully saturated rings. The molecule has 0 radical (unpaired) electrons. The van der Waals surface area contributed by atoms with E-state index in [1.807, 2.05) is 21.1 Å². The molecular formula is C50H86N2O6P+. The van der Waals surface area contributed by atoms with Crippen LogP contribution in [-0.4, -0.2) is 73.4 Å². The SMILES string of the molecule is CC/C=C\C/C=C\C/C=C\C/C=C\C/C=C\C/C=C\C/C=C\C/C=C\C/C=C\CCCCCCCC(=O)NC(COP(=O)(O)OCC[N+](C)(C)C)C(O)CCCCCC. The van der Waals surface area contributed by atoms with Gasteiger partial charge in [0.1, 0.15) is 13.2 Å². The highest BCUT2D eigenvalue weighted by Crippen LogP contribution is 2.43. The van der Waals surface area contributed by atoms with Crippen LogP contribution in [0.3, 0.4) is 0 Å². The summed E-state index contributed by atoms with van der Waals surface area (Å²) in [4.78, 5) is 22.9. The Hall–Kier alpha value is -2.84. The predicted octanol–water partition coefficient (Wildman–Crippen LogP) is 12.9. The van der Waals surface area contributed by atoms with Crippen molar-refractivity contribution in [2.24, 2.45) is 0 Å². The van der Waals surface area contributed by atoms with E-state index in [1.54, 1.807) is 0 Å². The zero-order chi connectivity index (χ0) is 43.6. The smallest absolute Gasteiger partial charge is 0.391 e.